The molecule has 3 aromatic rings. The summed E-state index contributed by atoms with van der Waals surface area (Å²) >= 11 is 8.96. The van der Waals surface area contributed by atoms with Crippen LogP contribution in [-0.2, 0) is 5.75 Å². The molecule has 6 nitrogen and oxygen atoms in total. The molecule has 0 radical (unpaired) electrons. The van der Waals surface area contributed by atoms with E-state index in [0.29, 0.717) is 22.5 Å². The van der Waals surface area contributed by atoms with Gasteiger partial charge in [-0.25, -0.2) is 0 Å². The van der Waals surface area contributed by atoms with Gasteiger partial charge in [0, 0.05) is 17.1 Å². The lowest BCUT2D eigenvalue weighted by Crippen LogP contribution is -1.99. The lowest BCUT2D eigenvalue weighted by Gasteiger charge is -1.97. The number of anilines is 1. The molecule has 0 saturated heterocycles. The third kappa shape index (κ3) is 4.68. The zero-order valence-corrected chi connectivity index (χ0v) is 15.4. The van der Waals surface area contributed by atoms with Crippen molar-refractivity contribution in [2.24, 2.45) is 0 Å². The number of thioether (sulfide) groups is 1. The molecule has 1 aromatic carbocycles. The van der Waals surface area contributed by atoms with Crippen molar-refractivity contribution in [2.45, 2.75) is 29.9 Å². The molecule has 0 spiro atoms. The first kappa shape index (κ1) is 17.2. The van der Waals surface area contributed by atoms with Gasteiger partial charge >= 0.3 is 0 Å². The van der Waals surface area contributed by atoms with Crippen LogP contribution in [0, 0.1) is 0 Å². The highest BCUT2D eigenvalue weighted by molar-refractivity contribution is 8.00. The van der Waals surface area contributed by atoms with Crippen LogP contribution < -0.4 is 5.32 Å². The first-order chi connectivity index (χ1) is 11.7. The van der Waals surface area contributed by atoms with E-state index in [-0.39, 0.29) is 0 Å². The van der Waals surface area contributed by atoms with Crippen molar-refractivity contribution >= 4 is 39.8 Å². The average molecular weight is 382 g/mol. The first-order valence-electron chi connectivity index (χ1n) is 7.53. The third-order valence-electron chi connectivity index (χ3n) is 3.10. The highest BCUT2D eigenvalue weighted by Crippen LogP contribution is 2.28. The summed E-state index contributed by atoms with van der Waals surface area (Å²) in [5, 5.41) is 17.1. The maximum absolute atomic E-state index is 5.88. The molecule has 3 rings (SSSR count). The van der Waals surface area contributed by atoms with E-state index in [1.54, 1.807) is 23.9 Å². The van der Waals surface area contributed by atoms with Gasteiger partial charge in [0.1, 0.15) is 0 Å². The Labute approximate surface area is 153 Å². The largest absolute Gasteiger partial charge is 0.360 e. The minimum absolute atomic E-state index is 0.487. The van der Waals surface area contributed by atoms with Crippen LogP contribution in [-0.4, -0.2) is 26.9 Å². The van der Waals surface area contributed by atoms with Crippen LogP contribution in [0.2, 0.25) is 5.02 Å². The van der Waals surface area contributed by atoms with Gasteiger partial charge in [-0.15, -0.1) is 10.2 Å². The van der Waals surface area contributed by atoms with Crippen LogP contribution >= 0.6 is 34.7 Å². The van der Waals surface area contributed by atoms with Crippen molar-refractivity contribution in [3.05, 3.63) is 35.1 Å². The number of hydrogen-bond donors (Lipinski definition) is 1. The number of aromatic nitrogens is 4. The molecule has 126 valence electrons. The predicted octanol–water partition coefficient (Wildman–Crippen LogP) is 4.75. The minimum Gasteiger partial charge on any atom is -0.360 e. The number of halogens is 1. The Morgan fingerprint density at radius 3 is 2.88 bits per heavy atom. The van der Waals surface area contributed by atoms with E-state index in [9.17, 15) is 0 Å². The number of benzene rings is 1. The summed E-state index contributed by atoms with van der Waals surface area (Å²) in [4.78, 5) is 4.39. The second kappa shape index (κ2) is 8.46. The molecular formula is C15H16ClN5OS2. The maximum atomic E-state index is 5.88. The van der Waals surface area contributed by atoms with Crippen molar-refractivity contribution in [1.29, 1.82) is 0 Å². The summed E-state index contributed by atoms with van der Waals surface area (Å²) in [5.41, 5.74) is 0.849. The molecule has 0 aliphatic heterocycles. The number of hydrogen-bond acceptors (Lipinski definition) is 8. The summed E-state index contributed by atoms with van der Waals surface area (Å²) in [6, 6.07) is 7.30. The summed E-state index contributed by atoms with van der Waals surface area (Å²) < 4.78 is 6.17. The third-order valence-corrected chi connectivity index (χ3v) is 5.36. The molecule has 9 heteroatoms. The van der Waals surface area contributed by atoms with Crippen molar-refractivity contribution in [3.63, 3.8) is 0 Å². The van der Waals surface area contributed by atoms with Crippen molar-refractivity contribution < 1.29 is 4.52 Å². The summed E-state index contributed by atoms with van der Waals surface area (Å²) in [6.45, 7) is 3.08. The number of rotatable bonds is 8. The van der Waals surface area contributed by atoms with Gasteiger partial charge in [0.15, 0.2) is 10.2 Å². The van der Waals surface area contributed by atoms with Crippen LogP contribution in [0.15, 0.2) is 33.1 Å². The van der Waals surface area contributed by atoms with Gasteiger partial charge in [0.2, 0.25) is 5.13 Å². The van der Waals surface area contributed by atoms with Gasteiger partial charge in [0.25, 0.3) is 5.89 Å². The molecule has 24 heavy (non-hydrogen) atoms. The van der Waals surface area contributed by atoms with Gasteiger partial charge in [-0.1, -0.05) is 53.2 Å². The maximum Gasteiger partial charge on any atom is 0.257 e. The average Bonchev–Trinajstić information content (AvgIpc) is 3.23. The Kier molecular flexibility index (Phi) is 6.06. The lowest BCUT2D eigenvalue weighted by atomic mass is 10.2. The zero-order chi connectivity index (χ0) is 16.8. The molecule has 0 bridgehead atoms. The van der Waals surface area contributed by atoms with E-state index in [0.717, 1.165) is 34.4 Å². The lowest BCUT2D eigenvalue weighted by molar-refractivity contribution is 0.425. The van der Waals surface area contributed by atoms with E-state index in [2.05, 4.69) is 32.6 Å². The van der Waals surface area contributed by atoms with Gasteiger partial charge in [-0.3, -0.25) is 0 Å². The molecular weight excluding hydrogens is 366 g/mol. The van der Waals surface area contributed by atoms with Gasteiger partial charge < -0.3 is 9.84 Å². The van der Waals surface area contributed by atoms with Gasteiger partial charge in [-0.2, -0.15) is 4.98 Å². The van der Waals surface area contributed by atoms with Crippen LogP contribution in [0.3, 0.4) is 0 Å². The molecule has 2 heterocycles. The number of nitrogens with one attached hydrogen (secondary N) is 1. The SMILES string of the molecule is CCCCNc1nnc(SCc2noc(-c3ccc(Cl)cc3)n2)s1. The normalized spacial score (nSPS) is 10.9. The fraction of sp³-hybridized carbons (Fsp3) is 0.333. The standard InChI is InChI=1S/C15H16ClN5OS2/c1-2-3-8-17-14-19-20-15(24-14)23-9-12-18-13(22-21-12)10-4-6-11(16)7-5-10/h4-7H,2-3,8-9H2,1H3,(H,17,19). The van der Waals surface area contributed by atoms with Crippen molar-refractivity contribution in [2.75, 3.05) is 11.9 Å². The predicted molar refractivity (Wildman–Crippen MR) is 97.6 cm³/mol. The quantitative estimate of drug-likeness (QED) is 0.445. The van der Waals surface area contributed by atoms with Crippen LogP contribution in [0.4, 0.5) is 5.13 Å². The van der Waals surface area contributed by atoms with E-state index >= 15 is 0 Å². The van der Waals surface area contributed by atoms with Crippen LogP contribution in [0.25, 0.3) is 11.5 Å². The van der Waals surface area contributed by atoms with E-state index in [1.165, 1.54) is 11.3 Å². The topological polar surface area (TPSA) is 76.7 Å². The second-order valence-corrected chi connectivity index (χ2v) is 7.60. The number of nitrogens with zero attached hydrogens (tertiary/aromatic N) is 4. The summed E-state index contributed by atoms with van der Waals surface area (Å²) in [5.74, 6) is 1.70. The molecule has 0 atom stereocenters. The zero-order valence-electron chi connectivity index (χ0n) is 13.0. The summed E-state index contributed by atoms with van der Waals surface area (Å²) in [6.07, 6.45) is 2.28. The molecule has 0 unspecified atom stereocenters. The first-order valence-corrected chi connectivity index (χ1v) is 9.71. The number of unbranched alkanes of at least 4 members (excludes halogenated alkanes) is 1. The molecule has 2 aromatic heterocycles. The molecule has 0 aliphatic rings. The molecule has 0 fully saturated rings. The van der Waals surface area contributed by atoms with Crippen LogP contribution in [0.1, 0.15) is 25.6 Å². The Bertz CT molecular complexity index is 774. The Hall–Kier alpha value is -1.64. The Morgan fingerprint density at radius 2 is 2.08 bits per heavy atom. The highest BCUT2D eigenvalue weighted by Gasteiger charge is 2.11. The molecule has 0 saturated carbocycles. The van der Waals surface area contributed by atoms with Crippen LogP contribution in [0.5, 0.6) is 0 Å². The van der Waals surface area contributed by atoms with Crippen molar-refractivity contribution in [3.8, 4) is 11.5 Å². The van der Waals surface area contributed by atoms with E-state index in [4.69, 9.17) is 16.1 Å². The van der Waals surface area contributed by atoms with Crippen molar-refractivity contribution in [1.82, 2.24) is 20.3 Å². The summed E-state index contributed by atoms with van der Waals surface area (Å²) in [7, 11) is 0. The van der Waals surface area contributed by atoms with E-state index in [1.807, 2.05) is 12.1 Å². The van der Waals surface area contributed by atoms with Gasteiger partial charge in [0.05, 0.1) is 5.75 Å². The van der Waals surface area contributed by atoms with Gasteiger partial charge in [-0.05, 0) is 30.7 Å². The molecule has 1 N–H and O–H groups in total. The second-order valence-electron chi connectivity index (χ2n) is 4.96. The minimum atomic E-state index is 0.487. The smallest absolute Gasteiger partial charge is 0.257 e. The molecule has 0 amide bonds. The molecule has 0 aliphatic carbocycles. The highest BCUT2D eigenvalue weighted by atomic mass is 35.5. The Balaban J connectivity index is 1.54. The Morgan fingerprint density at radius 1 is 1.25 bits per heavy atom. The fourth-order valence-corrected chi connectivity index (χ4v) is 3.61. The fourth-order valence-electron chi connectivity index (χ4n) is 1.86. The monoisotopic (exact) mass is 381 g/mol. The van der Waals surface area contributed by atoms with E-state index < -0.39 is 0 Å².